The van der Waals surface area contributed by atoms with E-state index in [1.807, 2.05) is 6.92 Å². The van der Waals surface area contributed by atoms with E-state index in [4.69, 9.17) is 5.11 Å². The highest BCUT2D eigenvalue weighted by molar-refractivity contribution is 7.09. The van der Waals surface area contributed by atoms with E-state index in [0.717, 1.165) is 0 Å². The molecule has 0 aliphatic heterocycles. The van der Waals surface area contributed by atoms with Crippen molar-refractivity contribution in [2.75, 3.05) is 20.1 Å². The highest BCUT2D eigenvalue weighted by Crippen LogP contribution is 2.11. The molecule has 0 saturated heterocycles. The number of thiazole rings is 1. The second kappa shape index (κ2) is 8.39. The van der Waals surface area contributed by atoms with Crippen molar-refractivity contribution >= 4 is 29.1 Å². The van der Waals surface area contributed by atoms with Gasteiger partial charge in [-0.25, -0.2) is 9.78 Å². The van der Waals surface area contributed by atoms with E-state index in [1.54, 1.807) is 36.2 Å². The lowest BCUT2D eigenvalue weighted by Crippen LogP contribution is -2.28. The van der Waals surface area contributed by atoms with E-state index in [2.05, 4.69) is 10.3 Å². The summed E-state index contributed by atoms with van der Waals surface area (Å²) in [7, 11) is 1.70. The van der Waals surface area contributed by atoms with Crippen LogP contribution >= 0.6 is 11.3 Å². The van der Waals surface area contributed by atoms with E-state index < -0.39 is 5.97 Å². The van der Waals surface area contributed by atoms with E-state index in [-0.39, 0.29) is 17.5 Å². The molecule has 0 aliphatic rings. The van der Waals surface area contributed by atoms with Crippen molar-refractivity contribution in [3.05, 3.63) is 51.5 Å². The van der Waals surface area contributed by atoms with Gasteiger partial charge < -0.3 is 15.3 Å². The average molecular weight is 361 g/mol. The lowest BCUT2D eigenvalue weighted by atomic mass is 10.1. The number of hydrogen-bond acceptors (Lipinski definition) is 5. The van der Waals surface area contributed by atoms with Crippen LogP contribution in [0.15, 0.2) is 29.6 Å². The first-order chi connectivity index (χ1) is 11.9. The van der Waals surface area contributed by atoms with Crippen LogP contribution in [0, 0.1) is 0 Å². The third kappa shape index (κ3) is 4.87. The molecule has 1 aromatic carbocycles. The van der Waals surface area contributed by atoms with Crippen LogP contribution in [0.25, 0.3) is 0 Å². The normalized spacial score (nSPS) is 10.3. The number of amides is 2. The fourth-order valence-corrected chi connectivity index (χ4v) is 2.84. The Morgan fingerprint density at radius 2 is 2.00 bits per heavy atom. The zero-order valence-electron chi connectivity index (χ0n) is 14.0. The second-order valence-electron chi connectivity index (χ2n) is 5.34. The van der Waals surface area contributed by atoms with Gasteiger partial charge in [-0.2, -0.15) is 0 Å². The second-order valence-corrected chi connectivity index (χ2v) is 6.28. The quantitative estimate of drug-likeness (QED) is 0.785. The molecule has 25 heavy (non-hydrogen) atoms. The Morgan fingerprint density at radius 1 is 1.28 bits per heavy atom. The van der Waals surface area contributed by atoms with Gasteiger partial charge in [0.1, 0.15) is 0 Å². The minimum absolute atomic E-state index is 0.0117. The summed E-state index contributed by atoms with van der Waals surface area (Å²) in [6, 6.07) is 6.56. The fourth-order valence-electron chi connectivity index (χ4n) is 2.07. The summed E-state index contributed by atoms with van der Waals surface area (Å²) >= 11 is 1.24. The summed E-state index contributed by atoms with van der Waals surface area (Å²) in [6.07, 6.45) is 0.445. The summed E-state index contributed by atoms with van der Waals surface area (Å²) in [5.41, 5.74) is 0.876. The monoisotopic (exact) mass is 361 g/mol. The number of aromatic carboxylic acids is 1. The van der Waals surface area contributed by atoms with Gasteiger partial charge in [-0.1, -0.05) is 6.07 Å². The van der Waals surface area contributed by atoms with Gasteiger partial charge in [-0.3, -0.25) is 9.59 Å². The molecular formula is C17H19N3O4S. The molecule has 2 amide bonds. The third-order valence-electron chi connectivity index (χ3n) is 3.59. The maximum absolute atomic E-state index is 12.2. The Bertz CT molecular complexity index is 788. The minimum Gasteiger partial charge on any atom is -0.476 e. The van der Waals surface area contributed by atoms with Crippen LogP contribution in [0.2, 0.25) is 0 Å². The standard InChI is InChI=1S/C17H19N3O4S/c1-3-20(2)16(22)12-6-4-5-11(9-12)15(21)18-8-7-14-19-13(10-25-14)17(23)24/h4-6,9-10H,3,7-8H2,1-2H3,(H,18,21)(H,23,24). The van der Waals surface area contributed by atoms with Crippen LogP contribution in [0.3, 0.4) is 0 Å². The number of carboxylic acids is 1. The molecule has 0 saturated carbocycles. The summed E-state index contributed by atoms with van der Waals surface area (Å²) < 4.78 is 0. The number of carboxylic acid groups (broad SMARTS) is 1. The highest BCUT2D eigenvalue weighted by Gasteiger charge is 2.13. The van der Waals surface area contributed by atoms with Gasteiger partial charge >= 0.3 is 5.97 Å². The van der Waals surface area contributed by atoms with E-state index in [0.29, 0.717) is 35.6 Å². The molecule has 0 atom stereocenters. The molecule has 0 radical (unpaired) electrons. The first kappa shape index (κ1) is 18.6. The van der Waals surface area contributed by atoms with Crippen molar-refractivity contribution in [1.29, 1.82) is 0 Å². The molecule has 1 heterocycles. The predicted octanol–water partition coefficient (Wildman–Crippen LogP) is 1.91. The van der Waals surface area contributed by atoms with E-state index in [1.165, 1.54) is 16.7 Å². The van der Waals surface area contributed by atoms with Gasteiger partial charge in [0.25, 0.3) is 11.8 Å². The molecular weight excluding hydrogens is 342 g/mol. The zero-order valence-corrected chi connectivity index (χ0v) is 14.8. The molecule has 0 bridgehead atoms. The molecule has 2 aromatic rings. The van der Waals surface area contributed by atoms with Gasteiger partial charge in [0.05, 0.1) is 5.01 Å². The van der Waals surface area contributed by atoms with E-state index >= 15 is 0 Å². The highest BCUT2D eigenvalue weighted by atomic mass is 32.1. The number of hydrogen-bond donors (Lipinski definition) is 2. The Labute approximate surface area is 149 Å². The fraction of sp³-hybridized carbons (Fsp3) is 0.294. The Kier molecular flexibility index (Phi) is 6.24. The van der Waals surface area contributed by atoms with Crippen molar-refractivity contribution in [3.8, 4) is 0 Å². The Morgan fingerprint density at radius 3 is 2.64 bits per heavy atom. The molecule has 0 spiro atoms. The molecule has 2 rings (SSSR count). The molecule has 132 valence electrons. The molecule has 8 heteroatoms. The Balaban J connectivity index is 1.94. The largest absolute Gasteiger partial charge is 0.476 e. The first-order valence-corrected chi connectivity index (χ1v) is 8.61. The number of nitrogens with one attached hydrogen (secondary N) is 1. The zero-order chi connectivity index (χ0) is 18.4. The van der Waals surface area contributed by atoms with Crippen molar-refractivity contribution in [3.63, 3.8) is 0 Å². The van der Waals surface area contributed by atoms with Gasteiger partial charge in [0.2, 0.25) is 0 Å². The number of carbonyl (C=O) groups excluding carboxylic acids is 2. The minimum atomic E-state index is -1.06. The lowest BCUT2D eigenvalue weighted by molar-refractivity contribution is 0.0690. The maximum Gasteiger partial charge on any atom is 0.355 e. The summed E-state index contributed by atoms with van der Waals surface area (Å²) in [6.45, 7) is 2.79. The Hall–Kier alpha value is -2.74. The van der Waals surface area contributed by atoms with Crippen LogP contribution in [0.4, 0.5) is 0 Å². The van der Waals surface area contributed by atoms with Gasteiger partial charge in [0.15, 0.2) is 5.69 Å². The smallest absolute Gasteiger partial charge is 0.355 e. The van der Waals surface area contributed by atoms with Crippen LogP contribution in [-0.2, 0) is 6.42 Å². The van der Waals surface area contributed by atoms with Gasteiger partial charge in [-0.15, -0.1) is 11.3 Å². The predicted molar refractivity (Wildman–Crippen MR) is 94.2 cm³/mol. The van der Waals surface area contributed by atoms with Crippen LogP contribution < -0.4 is 5.32 Å². The first-order valence-electron chi connectivity index (χ1n) is 7.73. The van der Waals surface area contributed by atoms with Gasteiger partial charge in [0, 0.05) is 43.1 Å². The van der Waals surface area contributed by atoms with Crippen molar-refractivity contribution < 1.29 is 19.5 Å². The maximum atomic E-state index is 12.2. The SMILES string of the molecule is CCN(C)C(=O)c1cccc(C(=O)NCCc2nc(C(=O)O)cs2)c1. The average Bonchev–Trinajstić information content (AvgIpc) is 3.09. The molecule has 0 unspecified atom stereocenters. The number of carbonyl (C=O) groups is 3. The molecule has 0 aliphatic carbocycles. The summed E-state index contributed by atoms with van der Waals surface area (Å²) in [5.74, 6) is -1.49. The van der Waals surface area contributed by atoms with Crippen LogP contribution in [0.5, 0.6) is 0 Å². The summed E-state index contributed by atoms with van der Waals surface area (Å²) in [4.78, 5) is 40.7. The van der Waals surface area contributed by atoms with Crippen molar-refractivity contribution in [2.24, 2.45) is 0 Å². The van der Waals surface area contributed by atoms with Crippen LogP contribution in [-0.4, -0.2) is 52.9 Å². The van der Waals surface area contributed by atoms with Crippen LogP contribution in [0.1, 0.15) is 43.1 Å². The number of rotatable bonds is 7. The number of benzene rings is 1. The number of aromatic nitrogens is 1. The topological polar surface area (TPSA) is 99.6 Å². The van der Waals surface area contributed by atoms with Crippen molar-refractivity contribution in [2.45, 2.75) is 13.3 Å². The van der Waals surface area contributed by atoms with Gasteiger partial charge in [-0.05, 0) is 25.1 Å². The lowest BCUT2D eigenvalue weighted by Gasteiger charge is -2.14. The van der Waals surface area contributed by atoms with E-state index in [9.17, 15) is 14.4 Å². The molecule has 7 nitrogen and oxygen atoms in total. The molecule has 0 fully saturated rings. The number of nitrogens with zero attached hydrogens (tertiary/aromatic N) is 2. The molecule has 2 N–H and O–H groups in total. The van der Waals surface area contributed by atoms with Crippen molar-refractivity contribution in [1.82, 2.24) is 15.2 Å². The third-order valence-corrected chi connectivity index (χ3v) is 4.50. The molecule has 1 aromatic heterocycles. The summed E-state index contributed by atoms with van der Waals surface area (Å²) in [5, 5.41) is 13.7.